The average Bonchev–Trinajstić information content (AvgIpc) is 2.70. The smallest absolute Gasteiger partial charge is 0.303 e. The molecule has 9 nitrogen and oxygen atoms in total. The third-order valence-electron chi connectivity index (χ3n) is 3.95. The molecule has 0 bridgehead atoms. The number of hydrogen-bond acceptors (Lipinski definition) is 6. The van der Waals surface area contributed by atoms with Gasteiger partial charge in [0.05, 0.1) is 18.1 Å². The van der Waals surface area contributed by atoms with Crippen LogP contribution in [0.3, 0.4) is 0 Å². The van der Waals surface area contributed by atoms with Crippen molar-refractivity contribution in [3.63, 3.8) is 0 Å². The van der Waals surface area contributed by atoms with Crippen LogP contribution in [0.25, 0.3) is 0 Å². The number of ether oxygens (including phenoxy) is 2. The summed E-state index contributed by atoms with van der Waals surface area (Å²) in [5.41, 5.74) is 3.02. The molecule has 3 N–H and O–H groups in total. The van der Waals surface area contributed by atoms with Crippen LogP contribution in [0, 0.1) is 0 Å². The van der Waals surface area contributed by atoms with Gasteiger partial charge in [-0.05, 0) is 56.2 Å². The van der Waals surface area contributed by atoms with Gasteiger partial charge in [-0.2, -0.15) is 0 Å². The number of aliphatic carboxylic acids is 1. The highest BCUT2D eigenvalue weighted by Crippen LogP contribution is 2.28. The summed E-state index contributed by atoms with van der Waals surface area (Å²) in [4.78, 5) is 24.9. The van der Waals surface area contributed by atoms with Crippen LogP contribution < -0.4 is 19.7 Å². The molecule has 30 heavy (non-hydrogen) atoms. The Hall–Kier alpha value is -3.11. The Labute approximate surface area is 175 Å². The number of carbonyl (C=O) groups excluding carboxylic acids is 1. The molecule has 1 amide bonds. The molecule has 2 aromatic rings. The van der Waals surface area contributed by atoms with Crippen molar-refractivity contribution < 1.29 is 32.6 Å². The van der Waals surface area contributed by atoms with E-state index in [1.165, 1.54) is 43.5 Å². The summed E-state index contributed by atoms with van der Waals surface area (Å²) < 4.78 is 35.6. The summed E-state index contributed by atoms with van der Waals surface area (Å²) in [6.45, 7) is 3.71. The number of sulfonamides is 1. The molecule has 0 heterocycles. The van der Waals surface area contributed by atoms with E-state index in [0.717, 1.165) is 0 Å². The van der Waals surface area contributed by atoms with Crippen molar-refractivity contribution in [1.29, 1.82) is 0 Å². The largest absolute Gasteiger partial charge is 0.493 e. The Balaban J connectivity index is 2.04. The molecule has 0 spiro atoms. The third-order valence-corrected chi connectivity index (χ3v) is 5.21. The topological polar surface area (TPSA) is 131 Å². The van der Waals surface area contributed by atoms with Gasteiger partial charge in [-0.15, -0.1) is 4.83 Å². The summed E-state index contributed by atoms with van der Waals surface area (Å²) in [6.07, 6.45) is 0.157. The average molecular weight is 436 g/mol. The van der Waals surface area contributed by atoms with E-state index in [4.69, 9.17) is 14.6 Å². The molecule has 0 aromatic heterocycles. The Kier molecular flexibility index (Phi) is 7.79. The van der Waals surface area contributed by atoms with Crippen LogP contribution in [0.15, 0.2) is 47.4 Å². The van der Waals surface area contributed by atoms with Gasteiger partial charge in [-0.1, -0.05) is 12.1 Å². The van der Waals surface area contributed by atoms with Crippen molar-refractivity contribution in [2.45, 2.75) is 37.7 Å². The SMILES string of the molecule is COc1cc(C(=O)NNS(=O)(=O)c2ccc(CCC(=O)O)cc2)ccc1OC(C)C. The van der Waals surface area contributed by atoms with E-state index in [-0.39, 0.29) is 29.4 Å². The van der Waals surface area contributed by atoms with E-state index in [1.807, 2.05) is 18.7 Å². The zero-order chi connectivity index (χ0) is 22.3. The molecule has 0 atom stereocenters. The molecule has 0 saturated heterocycles. The van der Waals surface area contributed by atoms with E-state index in [9.17, 15) is 18.0 Å². The number of rotatable bonds is 10. The van der Waals surface area contributed by atoms with E-state index >= 15 is 0 Å². The zero-order valence-electron chi connectivity index (χ0n) is 16.8. The lowest BCUT2D eigenvalue weighted by atomic mass is 10.1. The van der Waals surface area contributed by atoms with Gasteiger partial charge in [0.15, 0.2) is 11.5 Å². The molecule has 2 rings (SSSR count). The monoisotopic (exact) mass is 436 g/mol. The predicted molar refractivity (Wildman–Crippen MR) is 109 cm³/mol. The lowest BCUT2D eigenvalue weighted by molar-refractivity contribution is -0.136. The van der Waals surface area contributed by atoms with Gasteiger partial charge in [0.25, 0.3) is 15.9 Å². The van der Waals surface area contributed by atoms with Crippen molar-refractivity contribution >= 4 is 21.9 Å². The van der Waals surface area contributed by atoms with Crippen LogP contribution in [0.5, 0.6) is 11.5 Å². The van der Waals surface area contributed by atoms with Crippen molar-refractivity contribution in [2.24, 2.45) is 0 Å². The molecule has 162 valence electrons. The Morgan fingerprint density at radius 2 is 1.73 bits per heavy atom. The number of carbonyl (C=O) groups is 2. The van der Waals surface area contributed by atoms with Gasteiger partial charge in [0.2, 0.25) is 0 Å². The number of hydrazine groups is 1. The maximum Gasteiger partial charge on any atom is 0.303 e. The number of hydrogen-bond donors (Lipinski definition) is 3. The molecule has 0 unspecified atom stereocenters. The Morgan fingerprint density at radius 1 is 1.07 bits per heavy atom. The van der Waals surface area contributed by atoms with Crippen LogP contribution in [0.4, 0.5) is 0 Å². The van der Waals surface area contributed by atoms with Crippen LogP contribution >= 0.6 is 0 Å². The number of carboxylic acid groups (broad SMARTS) is 1. The third kappa shape index (κ3) is 6.46. The molecule has 0 saturated carbocycles. The predicted octanol–water partition coefficient (Wildman–Crippen LogP) is 2.12. The fraction of sp³-hybridized carbons (Fsp3) is 0.300. The number of carboxylic acids is 1. The normalized spacial score (nSPS) is 11.2. The first-order chi connectivity index (χ1) is 14.1. The van der Waals surface area contributed by atoms with E-state index in [1.54, 1.807) is 6.07 Å². The van der Waals surface area contributed by atoms with Gasteiger partial charge in [0, 0.05) is 12.0 Å². The van der Waals surface area contributed by atoms with Crippen molar-refractivity contribution in [2.75, 3.05) is 7.11 Å². The highest BCUT2D eigenvalue weighted by molar-refractivity contribution is 7.89. The highest BCUT2D eigenvalue weighted by atomic mass is 32.2. The zero-order valence-corrected chi connectivity index (χ0v) is 17.7. The van der Waals surface area contributed by atoms with Gasteiger partial charge >= 0.3 is 5.97 Å². The maximum atomic E-state index is 12.4. The second kappa shape index (κ2) is 10.1. The van der Waals surface area contributed by atoms with E-state index in [2.05, 4.69) is 5.43 Å². The first-order valence-corrected chi connectivity index (χ1v) is 10.6. The summed E-state index contributed by atoms with van der Waals surface area (Å²) in [5.74, 6) is -0.800. The molecular formula is C20H24N2O7S. The highest BCUT2D eigenvalue weighted by Gasteiger charge is 2.17. The molecule has 0 aliphatic carbocycles. The van der Waals surface area contributed by atoms with Gasteiger partial charge in [-0.3, -0.25) is 15.0 Å². The minimum absolute atomic E-state index is 0.0507. The van der Waals surface area contributed by atoms with Crippen LogP contribution in [-0.2, 0) is 21.2 Å². The molecule has 0 radical (unpaired) electrons. The van der Waals surface area contributed by atoms with Crippen LogP contribution in [0.1, 0.15) is 36.2 Å². The van der Waals surface area contributed by atoms with Crippen molar-refractivity contribution in [3.05, 3.63) is 53.6 Å². The lowest BCUT2D eigenvalue weighted by Gasteiger charge is -2.14. The number of nitrogens with one attached hydrogen (secondary N) is 2. The van der Waals surface area contributed by atoms with Crippen molar-refractivity contribution in [1.82, 2.24) is 10.3 Å². The van der Waals surface area contributed by atoms with Gasteiger partial charge in [0.1, 0.15) is 0 Å². The molecular weight excluding hydrogens is 412 g/mol. The lowest BCUT2D eigenvalue weighted by Crippen LogP contribution is -2.41. The second-order valence-corrected chi connectivity index (χ2v) is 8.31. The standard InChI is InChI=1S/C20H24N2O7S/c1-13(2)29-17-10-7-15(12-18(17)28-3)20(25)21-22-30(26,27)16-8-4-14(5-9-16)6-11-19(23)24/h4-5,7-10,12-13,22H,6,11H2,1-3H3,(H,21,25)(H,23,24). The maximum absolute atomic E-state index is 12.4. The Morgan fingerprint density at radius 3 is 2.30 bits per heavy atom. The molecule has 10 heteroatoms. The van der Waals surface area contributed by atoms with E-state index < -0.39 is 21.9 Å². The number of amides is 1. The van der Waals surface area contributed by atoms with Gasteiger partial charge < -0.3 is 14.6 Å². The number of benzene rings is 2. The fourth-order valence-electron chi connectivity index (χ4n) is 2.49. The van der Waals surface area contributed by atoms with Crippen LogP contribution in [-0.4, -0.2) is 38.6 Å². The first kappa shape index (κ1) is 23.2. The molecule has 0 fully saturated rings. The summed E-state index contributed by atoms with van der Waals surface area (Å²) in [7, 11) is -2.57. The molecule has 2 aromatic carbocycles. The van der Waals surface area contributed by atoms with Crippen molar-refractivity contribution in [3.8, 4) is 11.5 Å². The summed E-state index contributed by atoms with van der Waals surface area (Å²) in [5, 5.41) is 8.70. The van der Waals surface area contributed by atoms with Crippen LogP contribution in [0.2, 0.25) is 0 Å². The van der Waals surface area contributed by atoms with Gasteiger partial charge in [-0.25, -0.2) is 8.42 Å². The minimum atomic E-state index is -4.01. The summed E-state index contributed by atoms with van der Waals surface area (Å²) >= 11 is 0. The second-order valence-electron chi connectivity index (χ2n) is 6.63. The molecule has 0 aliphatic heterocycles. The van der Waals surface area contributed by atoms with E-state index in [0.29, 0.717) is 17.1 Å². The minimum Gasteiger partial charge on any atom is -0.493 e. The number of aryl methyl sites for hydroxylation is 1. The quantitative estimate of drug-likeness (QED) is 0.486. The first-order valence-electron chi connectivity index (χ1n) is 9.10. The molecule has 0 aliphatic rings. The summed E-state index contributed by atoms with van der Waals surface area (Å²) in [6, 6.07) is 10.2. The number of methoxy groups -OCH3 is 1. The Bertz CT molecular complexity index is 1000. The fourth-order valence-corrected chi connectivity index (χ4v) is 3.33.